The van der Waals surface area contributed by atoms with Gasteiger partial charge in [-0.15, -0.1) is 0 Å². The highest BCUT2D eigenvalue weighted by atomic mass is 16.5. The van der Waals surface area contributed by atoms with Crippen LogP contribution < -0.4 is 5.32 Å². The first-order valence-corrected chi connectivity index (χ1v) is 5.23. The SMILES string of the molecule is CCNCCC(=O)N(CC)CCOC. The van der Waals surface area contributed by atoms with E-state index < -0.39 is 0 Å². The van der Waals surface area contributed by atoms with Crippen molar-refractivity contribution in [3.05, 3.63) is 0 Å². The summed E-state index contributed by atoms with van der Waals surface area (Å²) in [4.78, 5) is 13.4. The zero-order valence-electron chi connectivity index (χ0n) is 9.51. The Labute approximate surface area is 86.6 Å². The number of ether oxygens (including phenoxy) is 1. The van der Waals surface area contributed by atoms with E-state index in [1.807, 2.05) is 18.7 Å². The van der Waals surface area contributed by atoms with Crippen LogP contribution in [0.25, 0.3) is 0 Å². The molecule has 0 saturated heterocycles. The van der Waals surface area contributed by atoms with Crippen molar-refractivity contribution in [1.29, 1.82) is 0 Å². The van der Waals surface area contributed by atoms with Gasteiger partial charge in [0.05, 0.1) is 6.61 Å². The van der Waals surface area contributed by atoms with E-state index in [0.717, 1.165) is 19.6 Å². The summed E-state index contributed by atoms with van der Waals surface area (Å²) >= 11 is 0. The number of methoxy groups -OCH3 is 1. The van der Waals surface area contributed by atoms with Crippen molar-refractivity contribution in [1.82, 2.24) is 10.2 Å². The number of hydrogen-bond acceptors (Lipinski definition) is 3. The Morgan fingerprint density at radius 2 is 2.14 bits per heavy atom. The normalized spacial score (nSPS) is 10.2. The van der Waals surface area contributed by atoms with E-state index in [4.69, 9.17) is 4.74 Å². The van der Waals surface area contributed by atoms with Gasteiger partial charge in [-0.1, -0.05) is 6.92 Å². The molecule has 84 valence electrons. The van der Waals surface area contributed by atoms with E-state index in [1.54, 1.807) is 7.11 Å². The van der Waals surface area contributed by atoms with Gasteiger partial charge in [0, 0.05) is 33.2 Å². The van der Waals surface area contributed by atoms with Crippen LogP contribution in [0.5, 0.6) is 0 Å². The summed E-state index contributed by atoms with van der Waals surface area (Å²) in [5, 5.41) is 3.14. The monoisotopic (exact) mass is 202 g/mol. The lowest BCUT2D eigenvalue weighted by molar-refractivity contribution is -0.131. The van der Waals surface area contributed by atoms with Gasteiger partial charge in [0.2, 0.25) is 5.91 Å². The third kappa shape index (κ3) is 5.94. The van der Waals surface area contributed by atoms with Crippen molar-refractivity contribution in [3.63, 3.8) is 0 Å². The van der Waals surface area contributed by atoms with Crippen LogP contribution in [0.4, 0.5) is 0 Å². The summed E-state index contributed by atoms with van der Waals surface area (Å²) in [6.45, 7) is 7.76. The highest BCUT2D eigenvalue weighted by Gasteiger charge is 2.09. The van der Waals surface area contributed by atoms with Crippen molar-refractivity contribution < 1.29 is 9.53 Å². The van der Waals surface area contributed by atoms with Gasteiger partial charge in [-0.2, -0.15) is 0 Å². The molecule has 0 fully saturated rings. The van der Waals surface area contributed by atoms with Gasteiger partial charge in [0.15, 0.2) is 0 Å². The number of likely N-dealkylation sites (N-methyl/N-ethyl adjacent to an activating group) is 1. The minimum atomic E-state index is 0.200. The molecule has 0 aliphatic heterocycles. The van der Waals surface area contributed by atoms with E-state index in [1.165, 1.54) is 0 Å². The minimum Gasteiger partial charge on any atom is -0.383 e. The molecule has 4 nitrogen and oxygen atoms in total. The topological polar surface area (TPSA) is 41.6 Å². The molecule has 0 saturated carbocycles. The second kappa shape index (κ2) is 8.97. The van der Waals surface area contributed by atoms with Gasteiger partial charge in [-0.3, -0.25) is 4.79 Å². The van der Waals surface area contributed by atoms with Crippen molar-refractivity contribution in [3.8, 4) is 0 Å². The molecule has 0 aromatic heterocycles. The van der Waals surface area contributed by atoms with Gasteiger partial charge in [0.25, 0.3) is 0 Å². The molecule has 0 unspecified atom stereocenters. The first kappa shape index (κ1) is 13.4. The van der Waals surface area contributed by atoms with E-state index >= 15 is 0 Å². The third-order valence-electron chi connectivity index (χ3n) is 2.07. The molecule has 0 bridgehead atoms. The van der Waals surface area contributed by atoms with E-state index in [9.17, 15) is 4.79 Å². The maximum atomic E-state index is 11.6. The quantitative estimate of drug-likeness (QED) is 0.582. The zero-order valence-corrected chi connectivity index (χ0v) is 9.51. The highest BCUT2D eigenvalue weighted by Crippen LogP contribution is 1.93. The summed E-state index contributed by atoms with van der Waals surface area (Å²) in [7, 11) is 1.65. The van der Waals surface area contributed by atoms with Gasteiger partial charge in [-0.05, 0) is 13.5 Å². The summed E-state index contributed by atoms with van der Waals surface area (Å²) in [6, 6.07) is 0. The minimum absolute atomic E-state index is 0.200. The highest BCUT2D eigenvalue weighted by molar-refractivity contribution is 5.76. The van der Waals surface area contributed by atoms with Gasteiger partial charge < -0.3 is 15.0 Å². The number of hydrogen-bond donors (Lipinski definition) is 1. The number of rotatable bonds is 8. The molecular formula is C10H22N2O2. The Kier molecular flexibility index (Phi) is 8.57. The fourth-order valence-electron chi connectivity index (χ4n) is 1.19. The van der Waals surface area contributed by atoms with Crippen LogP contribution in [-0.4, -0.2) is 50.7 Å². The van der Waals surface area contributed by atoms with Crippen LogP contribution in [0, 0.1) is 0 Å². The maximum absolute atomic E-state index is 11.6. The first-order chi connectivity index (χ1) is 6.76. The number of nitrogens with one attached hydrogen (secondary N) is 1. The molecule has 0 aromatic carbocycles. The largest absolute Gasteiger partial charge is 0.383 e. The summed E-state index contributed by atoms with van der Waals surface area (Å²) in [5.74, 6) is 0.200. The predicted octanol–water partition coefficient (Wildman–Crippen LogP) is 0.481. The van der Waals surface area contributed by atoms with Crippen molar-refractivity contribution in [2.24, 2.45) is 0 Å². The molecule has 0 spiro atoms. The Balaban J connectivity index is 3.67. The van der Waals surface area contributed by atoms with Crippen molar-refractivity contribution >= 4 is 5.91 Å². The summed E-state index contributed by atoms with van der Waals surface area (Å²) < 4.78 is 4.94. The van der Waals surface area contributed by atoms with Crippen LogP contribution in [-0.2, 0) is 9.53 Å². The lowest BCUT2D eigenvalue weighted by atomic mass is 10.3. The number of carbonyl (C=O) groups excluding carboxylic acids is 1. The lowest BCUT2D eigenvalue weighted by Gasteiger charge is -2.20. The van der Waals surface area contributed by atoms with Gasteiger partial charge in [-0.25, -0.2) is 0 Å². The molecule has 0 rings (SSSR count). The number of nitrogens with zero attached hydrogens (tertiary/aromatic N) is 1. The molecule has 14 heavy (non-hydrogen) atoms. The fraction of sp³-hybridized carbons (Fsp3) is 0.900. The van der Waals surface area contributed by atoms with Crippen LogP contribution in [0.1, 0.15) is 20.3 Å². The maximum Gasteiger partial charge on any atom is 0.223 e. The Morgan fingerprint density at radius 3 is 2.64 bits per heavy atom. The van der Waals surface area contributed by atoms with E-state index in [0.29, 0.717) is 19.6 Å². The second-order valence-electron chi connectivity index (χ2n) is 3.07. The molecule has 1 amide bonds. The fourth-order valence-corrected chi connectivity index (χ4v) is 1.19. The molecule has 1 N–H and O–H groups in total. The van der Waals surface area contributed by atoms with Crippen LogP contribution in [0.2, 0.25) is 0 Å². The second-order valence-corrected chi connectivity index (χ2v) is 3.07. The molecular weight excluding hydrogens is 180 g/mol. The van der Waals surface area contributed by atoms with Crippen molar-refractivity contribution in [2.75, 3.05) is 39.9 Å². The number of carbonyl (C=O) groups is 1. The molecule has 0 aromatic rings. The lowest BCUT2D eigenvalue weighted by Crippen LogP contribution is -2.35. The standard InChI is InChI=1S/C10H22N2O2/c1-4-11-7-6-10(13)12(5-2)8-9-14-3/h11H,4-9H2,1-3H3. The summed E-state index contributed by atoms with van der Waals surface area (Å²) in [5.41, 5.74) is 0. The Morgan fingerprint density at radius 1 is 1.43 bits per heavy atom. The predicted molar refractivity (Wildman–Crippen MR) is 57.3 cm³/mol. The van der Waals surface area contributed by atoms with Gasteiger partial charge >= 0.3 is 0 Å². The van der Waals surface area contributed by atoms with Crippen LogP contribution in [0.15, 0.2) is 0 Å². The van der Waals surface area contributed by atoms with Crippen LogP contribution in [0.3, 0.4) is 0 Å². The molecule has 0 aliphatic carbocycles. The van der Waals surface area contributed by atoms with Crippen LogP contribution >= 0.6 is 0 Å². The molecule has 0 heterocycles. The van der Waals surface area contributed by atoms with E-state index in [-0.39, 0.29) is 5.91 Å². The number of amides is 1. The summed E-state index contributed by atoms with van der Waals surface area (Å²) in [6.07, 6.45) is 0.575. The van der Waals surface area contributed by atoms with E-state index in [2.05, 4.69) is 5.32 Å². The first-order valence-electron chi connectivity index (χ1n) is 5.23. The average Bonchev–Trinajstić information content (AvgIpc) is 2.19. The Hall–Kier alpha value is -0.610. The zero-order chi connectivity index (χ0) is 10.8. The van der Waals surface area contributed by atoms with Gasteiger partial charge in [0.1, 0.15) is 0 Å². The molecule has 4 heteroatoms. The molecule has 0 atom stereocenters. The Bertz CT molecular complexity index is 151. The average molecular weight is 202 g/mol. The smallest absolute Gasteiger partial charge is 0.223 e. The third-order valence-corrected chi connectivity index (χ3v) is 2.07. The molecule has 0 aliphatic rings. The molecule has 0 radical (unpaired) electrons. The van der Waals surface area contributed by atoms with Crippen molar-refractivity contribution in [2.45, 2.75) is 20.3 Å².